The molecule has 0 saturated carbocycles. The molecule has 2 N–H and O–H groups in total. The Morgan fingerprint density at radius 1 is 0.844 bits per heavy atom. The third-order valence-corrected chi connectivity index (χ3v) is 5.94. The van der Waals surface area contributed by atoms with Crippen LogP contribution in [0.2, 0.25) is 0 Å². The number of aromatic nitrogens is 1. The van der Waals surface area contributed by atoms with E-state index in [2.05, 4.69) is 17.1 Å². The number of hydrogen-bond donors (Lipinski definition) is 2. The van der Waals surface area contributed by atoms with E-state index in [-0.39, 0.29) is 11.7 Å². The smallest absolute Gasteiger partial charge is 0.254 e. The number of aromatic amines is 1. The Morgan fingerprint density at radius 3 is 2.44 bits per heavy atom. The molecule has 0 unspecified atom stereocenters. The van der Waals surface area contributed by atoms with Crippen LogP contribution >= 0.6 is 0 Å². The lowest BCUT2D eigenvalue weighted by atomic mass is 10.0. The van der Waals surface area contributed by atoms with Crippen molar-refractivity contribution in [3.8, 4) is 5.75 Å². The Hall–Kier alpha value is -4.05. The number of fused-ring (bicyclic) bond motifs is 2. The molecule has 0 fully saturated rings. The normalized spacial score (nSPS) is 11.1. The van der Waals surface area contributed by atoms with Crippen LogP contribution in [0.5, 0.6) is 5.75 Å². The first-order valence-corrected chi connectivity index (χ1v) is 10.8. The number of rotatable bonds is 6. The van der Waals surface area contributed by atoms with Gasteiger partial charge in [0.25, 0.3) is 5.91 Å². The maximum Gasteiger partial charge on any atom is 0.254 e. The van der Waals surface area contributed by atoms with E-state index < -0.39 is 0 Å². The lowest BCUT2D eigenvalue weighted by Crippen LogP contribution is -2.32. The molecule has 158 valence electrons. The van der Waals surface area contributed by atoms with Gasteiger partial charge in [0.05, 0.1) is 5.56 Å². The highest BCUT2D eigenvalue weighted by Crippen LogP contribution is 2.29. The minimum Gasteiger partial charge on any atom is -0.507 e. The average Bonchev–Trinajstić information content (AvgIpc) is 3.25. The topological polar surface area (TPSA) is 56.3 Å². The number of nitrogens with one attached hydrogen (secondary N) is 1. The zero-order valence-corrected chi connectivity index (χ0v) is 17.7. The predicted molar refractivity (Wildman–Crippen MR) is 129 cm³/mol. The van der Waals surface area contributed by atoms with Crippen molar-refractivity contribution in [3.05, 3.63) is 114 Å². The van der Waals surface area contributed by atoms with Crippen molar-refractivity contribution in [3.63, 3.8) is 0 Å². The standard InChI is InChI=1S/C28H24N2O2/c31-26-15-7-11-21-10-6-13-24(27(21)26)28(32)30(19-20-8-2-1-3-9-20)17-16-22-18-29-25-14-5-4-12-23(22)25/h1-15,18,29,31H,16-17,19H2. The summed E-state index contributed by atoms with van der Waals surface area (Å²) in [5, 5.41) is 13.1. The molecular formula is C28H24N2O2. The van der Waals surface area contributed by atoms with Gasteiger partial charge in [0.1, 0.15) is 5.75 Å². The Labute approximate surface area is 186 Å². The summed E-state index contributed by atoms with van der Waals surface area (Å²) in [6.07, 6.45) is 2.76. The molecule has 4 heteroatoms. The molecule has 1 heterocycles. The van der Waals surface area contributed by atoms with Crippen LogP contribution < -0.4 is 0 Å². The number of phenols is 1. The van der Waals surface area contributed by atoms with Crippen LogP contribution in [0.3, 0.4) is 0 Å². The molecule has 0 atom stereocenters. The zero-order chi connectivity index (χ0) is 21.9. The van der Waals surface area contributed by atoms with E-state index in [0.717, 1.165) is 22.9 Å². The van der Waals surface area contributed by atoms with Gasteiger partial charge in [-0.05, 0) is 41.1 Å². The Kier molecular flexibility index (Phi) is 5.34. The molecule has 0 saturated heterocycles. The zero-order valence-electron chi connectivity index (χ0n) is 17.7. The second-order valence-electron chi connectivity index (χ2n) is 8.00. The van der Waals surface area contributed by atoms with E-state index in [1.807, 2.05) is 71.8 Å². The van der Waals surface area contributed by atoms with Gasteiger partial charge in [-0.2, -0.15) is 0 Å². The van der Waals surface area contributed by atoms with Crippen LogP contribution in [0.1, 0.15) is 21.5 Å². The van der Waals surface area contributed by atoms with E-state index in [4.69, 9.17) is 0 Å². The highest BCUT2D eigenvalue weighted by Gasteiger charge is 2.20. The SMILES string of the molecule is O=C(c1cccc2cccc(O)c12)N(CCc1c[nH]c2ccccc12)Cc1ccccc1. The molecule has 4 nitrogen and oxygen atoms in total. The van der Waals surface area contributed by atoms with Crippen LogP contribution in [0, 0.1) is 0 Å². The summed E-state index contributed by atoms with van der Waals surface area (Å²) in [6.45, 7) is 1.07. The molecule has 0 radical (unpaired) electrons. The maximum absolute atomic E-state index is 13.7. The van der Waals surface area contributed by atoms with Gasteiger partial charge in [0.2, 0.25) is 0 Å². The van der Waals surface area contributed by atoms with E-state index >= 15 is 0 Å². The lowest BCUT2D eigenvalue weighted by molar-refractivity contribution is 0.0747. The summed E-state index contributed by atoms with van der Waals surface area (Å²) in [6, 6.07) is 29.2. The number of benzene rings is 4. The molecule has 0 spiro atoms. The third kappa shape index (κ3) is 3.83. The van der Waals surface area contributed by atoms with Crippen molar-refractivity contribution >= 4 is 27.6 Å². The Balaban J connectivity index is 1.49. The number of para-hydroxylation sites is 1. The number of carbonyl (C=O) groups excluding carboxylic acids is 1. The highest BCUT2D eigenvalue weighted by molar-refractivity contribution is 6.09. The van der Waals surface area contributed by atoms with Crippen LogP contribution in [0.25, 0.3) is 21.7 Å². The van der Waals surface area contributed by atoms with E-state index in [1.165, 1.54) is 10.9 Å². The highest BCUT2D eigenvalue weighted by atomic mass is 16.3. The summed E-state index contributed by atoms with van der Waals surface area (Å²) >= 11 is 0. The van der Waals surface area contributed by atoms with Gasteiger partial charge in [-0.25, -0.2) is 0 Å². The molecule has 5 rings (SSSR count). The fourth-order valence-corrected chi connectivity index (χ4v) is 4.32. The van der Waals surface area contributed by atoms with Crippen LogP contribution in [-0.4, -0.2) is 27.4 Å². The van der Waals surface area contributed by atoms with Crippen molar-refractivity contribution < 1.29 is 9.90 Å². The first-order valence-electron chi connectivity index (χ1n) is 10.8. The number of hydrogen-bond acceptors (Lipinski definition) is 2. The summed E-state index contributed by atoms with van der Waals surface area (Å²) in [5.41, 5.74) is 3.88. The number of phenolic OH excluding ortho intramolecular Hbond substituents is 1. The molecule has 32 heavy (non-hydrogen) atoms. The first-order chi connectivity index (χ1) is 15.7. The van der Waals surface area contributed by atoms with Crippen molar-refractivity contribution in [1.29, 1.82) is 0 Å². The van der Waals surface area contributed by atoms with Gasteiger partial charge >= 0.3 is 0 Å². The molecular weight excluding hydrogens is 396 g/mol. The van der Waals surface area contributed by atoms with Gasteiger partial charge < -0.3 is 15.0 Å². The molecule has 1 aromatic heterocycles. The van der Waals surface area contributed by atoms with E-state index in [0.29, 0.717) is 24.0 Å². The summed E-state index contributed by atoms with van der Waals surface area (Å²) in [7, 11) is 0. The van der Waals surface area contributed by atoms with Gasteiger partial charge in [-0.1, -0.05) is 72.8 Å². The predicted octanol–water partition coefficient (Wildman–Crippen LogP) is 5.91. The minimum absolute atomic E-state index is 0.0826. The maximum atomic E-state index is 13.7. The largest absolute Gasteiger partial charge is 0.507 e. The van der Waals surface area contributed by atoms with E-state index in [1.54, 1.807) is 18.2 Å². The van der Waals surface area contributed by atoms with Crippen LogP contribution in [0.4, 0.5) is 0 Å². The molecule has 0 aliphatic rings. The lowest BCUT2D eigenvalue weighted by Gasteiger charge is -2.24. The average molecular weight is 421 g/mol. The van der Waals surface area contributed by atoms with Crippen molar-refractivity contribution in [1.82, 2.24) is 9.88 Å². The van der Waals surface area contributed by atoms with Gasteiger partial charge in [0, 0.05) is 35.6 Å². The van der Waals surface area contributed by atoms with Crippen molar-refractivity contribution in [2.45, 2.75) is 13.0 Å². The minimum atomic E-state index is -0.0826. The number of H-pyrrole nitrogens is 1. The summed E-state index contributed by atoms with van der Waals surface area (Å²) in [5.74, 6) is 0.0449. The van der Waals surface area contributed by atoms with Crippen molar-refractivity contribution in [2.24, 2.45) is 0 Å². The fourth-order valence-electron chi connectivity index (χ4n) is 4.32. The Morgan fingerprint density at radius 2 is 1.59 bits per heavy atom. The number of aromatic hydroxyl groups is 1. The fraction of sp³-hybridized carbons (Fsp3) is 0.107. The van der Waals surface area contributed by atoms with Gasteiger partial charge in [-0.15, -0.1) is 0 Å². The molecule has 5 aromatic rings. The van der Waals surface area contributed by atoms with Crippen LogP contribution in [-0.2, 0) is 13.0 Å². The number of carbonyl (C=O) groups is 1. The monoisotopic (exact) mass is 420 g/mol. The molecule has 4 aromatic carbocycles. The summed E-state index contributed by atoms with van der Waals surface area (Å²) < 4.78 is 0. The second-order valence-corrected chi connectivity index (χ2v) is 8.00. The molecule has 1 amide bonds. The van der Waals surface area contributed by atoms with Crippen molar-refractivity contribution in [2.75, 3.05) is 6.54 Å². The molecule has 0 aliphatic carbocycles. The van der Waals surface area contributed by atoms with E-state index in [9.17, 15) is 9.90 Å². The van der Waals surface area contributed by atoms with Gasteiger partial charge in [-0.3, -0.25) is 4.79 Å². The molecule has 0 bridgehead atoms. The second kappa shape index (κ2) is 8.60. The van der Waals surface area contributed by atoms with Gasteiger partial charge in [0.15, 0.2) is 0 Å². The quantitative estimate of drug-likeness (QED) is 0.359. The molecule has 0 aliphatic heterocycles. The number of nitrogens with zero attached hydrogens (tertiary/aromatic N) is 1. The summed E-state index contributed by atoms with van der Waals surface area (Å²) in [4.78, 5) is 18.9. The number of amides is 1. The van der Waals surface area contributed by atoms with Crippen LogP contribution in [0.15, 0.2) is 97.2 Å². The first kappa shape index (κ1) is 19.9. The Bertz CT molecular complexity index is 1380. The third-order valence-electron chi connectivity index (χ3n) is 5.94.